The molecule has 0 saturated carbocycles. The fourth-order valence-electron chi connectivity index (χ4n) is 1.94. The minimum Gasteiger partial charge on any atom is -0.356 e. The Morgan fingerprint density at radius 2 is 1.95 bits per heavy atom. The lowest BCUT2D eigenvalue weighted by Gasteiger charge is -2.24. The van der Waals surface area contributed by atoms with E-state index < -0.39 is 0 Å². The summed E-state index contributed by atoms with van der Waals surface area (Å²) in [6.07, 6.45) is 2.01. The molecule has 0 aliphatic rings. The van der Waals surface area contributed by atoms with E-state index in [2.05, 4.69) is 68.9 Å². The Morgan fingerprint density at radius 1 is 1.26 bits per heavy atom. The highest BCUT2D eigenvalue weighted by molar-refractivity contribution is 5.40. The van der Waals surface area contributed by atoms with Crippen LogP contribution in [0.3, 0.4) is 0 Å². The molecule has 0 fully saturated rings. The Hall–Kier alpha value is -1.09. The number of pyridine rings is 1. The highest BCUT2D eigenvalue weighted by Crippen LogP contribution is 2.22. The first-order valence-electron chi connectivity index (χ1n) is 7.29. The number of likely N-dealkylation sites (N-methyl/N-ethyl adjacent to an activating group) is 1. The number of hydrogen-bond donors (Lipinski definition) is 1. The van der Waals surface area contributed by atoms with Crippen molar-refractivity contribution in [1.82, 2.24) is 10.3 Å². The van der Waals surface area contributed by atoms with Crippen LogP contribution in [0, 0.1) is 0 Å². The van der Waals surface area contributed by atoms with E-state index in [1.54, 1.807) is 0 Å². The van der Waals surface area contributed by atoms with Crippen molar-refractivity contribution in [3.8, 4) is 0 Å². The minimum atomic E-state index is 0.168. The molecule has 3 nitrogen and oxygen atoms in total. The van der Waals surface area contributed by atoms with Crippen molar-refractivity contribution in [2.45, 2.75) is 53.0 Å². The fraction of sp³-hybridized carbons (Fsp3) is 0.688. The molecule has 0 aliphatic heterocycles. The summed E-state index contributed by atoms with van der Waals surface area (Å²) in [5.74, 6) is 1.07. The normalized spacial score (nSPS) is 11.9. The molecular weight excluding hydrogens is 234 g/mol. The maximum atomic E-state index is 4.61. The fourth-order valence-corrected chi connectivity index (χ4v) is 1.94. The van der Waals surface area contributed by atoms with Crippen LogP contribution in [-0.4, -0.2) is 30.7 Å². The van der Waals surface area contributed by atoms with Crippen LogP contribution in [0.15, 0.2) is 18.3 Å². The summed E-state index contributed by atoms with van der Waals surface area (Å²) in [6, 6.07) is 4.87. The zero-order valence-corrected chi connectivity index (χ0v) is 13.3. The van der Waals surface area contributed by atoms with Gasteiger partial charge in [-0.3, -0.25) is 0 Å². The lowest BCUT2D eigenvalue weighted by Crippen LogP contribution is -2.35. The topological polar surface area (TPSA) is 28.2 Å². The monoisotopic (exact) mass is 263 g/mol. The second-order valence-corrected chi connectivity index (χ2v) is 6.34. The molecule has 0 atom stereocenters. The van der Waals surface area contributed by atoms with E-state index in [1.807, 2.05) is 6.20 Å². The van der Waals surface area contributed by atoms with Gasteiger partial charge in [0.1, 0.15) is 5.82 Å². The first-order chi connectivity index (χ1) is 8.84. The van der Waals surface area contributed by atoms with Gasteiger partial charge in [0.25, 0.3) is 0 Å². The summed E-state index contributed by atoms with van der Waals surface area (Å²) in [4.78, 5) is 6.92. The highest BCUT2D eigenvalue weighted by atomic mass is 15.2. The van der Waals surface area contributed by atoms with Gasteiger partial charge < -0.3 is 10.2 Å². The van der Waals surface area contributed by atoms with Gasteiger partial charge in [0, 0.05) is 31.9 Å². The molecule has 0 aromatic carbocycles. The van der Waals surface area contributed by atoms with Gasteiger partial charge >= 0.3 is 0 Å². The highest BCUT2D eigenvalue weighted by Gasteiger charge is 2.14. The van der Waals surface area contributed by atoms with Crippen LogP contribution in [0.1, 0.15) is 47.1 Å². The Labute approximate surface area is 118 Å². The molecule has 1 rings (SSSR count). The predicted octanol–water partition coefficient (Wildman–Crippen LogP) is 3.20. The molecule has 3 heteroatoms. The van der Waals surface area contributed by atoms with Crippen molar-refractivity contribution in [2.75, 3.05) is 24.5 Å². The van der Waals surface area contributed by atoms with Gasteiger partial charge in [0.2, 0.25) is 0 Å². The van der Waals surface area contributed by atoms with E-state index in [-0.39, 0.29) is 5.41 Å². The van der Waals surface area contributed by atoms with Crippen LogP contribution in [0.25, 0.3) is 0 Å². The summed E-state index contributed by atoms with van der Waals surface area (Å²) in [5, 5.41) is 3.45. The number of anilines is 1. The molecule has 1 aromatic heterocycles. The summed E-state index contributed by atoms with van der Waals surface area (Å²) in [6.45, 7) is 16.1. The van der Waals surface area contributed by atoms with Crippen molar-refractivity contribution in [1.29, 1.82) is 0 Å². The van der Waals surface area contributed by atoms with E-state index in [0.29, 0.717) is 6.04 Å². The van der Waals surface area contributed by atoms with Gasteiger partial charge in [-0.15, -0.1) is 0 Å². The molecule has 0 bridgehead atoms. The first kappa shape index (κ1) is 16.0. The van der Waals surface area contributed by atoms with E-state index in [4.69, 9.17) is 0 Å². The van der Waals surface area contributed by atoms with E-state index in [9.17, 15) is 0 Å². The lowest BCUT2D eigenvalue weighted by molar-refractivity contribution is 0.579. The molecule has 1 N–H and O–H groups in total. The summed E-state index contributed by atoms with van der Waals surface area (Å²) in [5.41, 5.74) is 1.45. The number of nitrogens with zero attached hydrogens (tertiary/aromatic N) is 2. The van der Waals surface area contributed by atoms with Crippen molar-refractivity contribution in [2.24, 2.45) is 0 Å². The Kier molecular flexibility index (Phi) is 5.80. The lowest BCUT2D eigenvalue weighted by atomic mass is 9.88. The molecule has 0 saturated heterocycles. The first-order valence-corrected chi connectivity index (χ1v) is 7.29. The SMILES string of the molecule is CCN(CCNC(C)C)c1ccc(C(C)(C)C)cn1. The summed E-state index contributed by atoms with van der Waals surface area (Å²) in [7, 11) is 0. The van der Waals surface area contributed by atoms with Gasteiger partial charge in [-0.25, -0.2) is 4.98 Å². The summed E-state index contributed by atoms with van der Waals surface area (Å²) < 4.78 is 0. The maximum Gasteiger partial charge on any atom is 0.128 e. The molecule has 19 heavy (non-hydrogen) atoms. The van der Waals surface area contributed by atoms with Crippen LogP contribution in [-0.2, 0) is 5.41 Å². The predicted molar refractivity (Wildman–Crippen MR) is 84.0 cm³/mol. The second-order valence-electron chi connectivity index (χ2n) is 6.34. The third-order valence-corrected chi connectivity index (χ3v) is 3.25. The molecular formula is C16H29N3. The van der Waals surface area contributed by atoms with Crippen molar-refractivity contribution >= 4 is 5.82 Å². The number of nitrogens with one attached hydrogen (secondary N) is 1. The Bertz CT molecular complexity index is 363. The van der Waals surface area contributed by atoms with Crippen molar-refractivity contribution in [3.63, 3.8) is 0 Å². The van der Waals surface area contributed by atoms with Gasteiger partial charge in [-0.2, -0.15) is 0 Å². The number of hydrogen-bond acceptors (Lipinski definition) is 3. The van der Waals surface area contributed by atoms with Crippen LogP contribution in [0.4, 0.5) is 5.82 Å². The summed E-state index contributed by atoms with van der Waals surface area (Å²) >= 11 is 0. The van der Waals surface area contributed by atoms with Crippen molar-refractivity contribution < 1.29 is 0 Å². The van der Waals surface area contributed by atoms with E-state index >= 15 is 0 Å². The number of rotatable bonds is 6. The standard InChI is InChI=1S/C16H29N3/c1-7-19(11-10-17-13(2)3)15-9-8-14(12-18-15)16(4,5)6/h8-9,12-13,17H,7,10-11H2,1-6H3. The third-order valence-electron chi connectivity index (χ3n) is 3.25. The Balaban J connectivity index is 2.66. The zero-order valence-electron chi connectivity index (χ0n) is 13.3. The largest absolute Gasteiger partial charge is 0.356 e. The van der Waals surface area contributed by atoms with Crippen LogP contribution < -0.4 is 10.2 Å². The van der Waals surface area contributed by atoms with Crippen molar-refractivity contribution in [3.05, 3.63) is 23.9 Å². The quantitative estimate of drug-likeness (QED) is 0.854. The molecule has 0 radical (unpaired) electrons. The van der Waals surface area contributed by atoms with Gasteiger partial charge in [0.05, 0.1) is 0 Å². The third kappa shape index (κ3) is 5.19. The average molecular weight is 263 g/mol. The van der Waals surface area contributed by atoms with Gasteiger partial charge in [-0.1, -0.05) is 40.7 Å². The maximum absolute atomic E-state index is 4.61. The molecule has 0 unspecified atom stereocenters. The Morgan fingerprint density at radius 3 is 2.37 bits per heavy atom. The average Bonchev–Trinajstić information content (AvgIpc) is 2.33. The van der Waals surface area contributed by atoms with E-state index in [0.717, 1.165) is 25.5 Å². The van der Waals surface area contributed by atoms with Crippen LogP contribution in [0.5, 0.6) is 0 Å². The van der Waals surface area contributed by atoms with Crippen LogP contribution in [0.2, 0.25) is 0 Å². The molecule has 108 valence electrons. The molecule has 1 aromatic rings. The smallest absolute Gasteiger partial charge is 0.128 e. The molecule has 0 amide bonds. The zero-order chi connectivity index (χ0) is 14.5. The second kappa shape index (κ2) is 6.90. The van der Waals surface area contributed by atoms with Gasteiger partial charge in [-0.05, 0) is 24.0 Å². The molecule has 0 aliphatic carbocycles. The van der Waals surface area contributed by atoms with Gasteiger partial charge in [0.15, 0.2) is 0 Å². The van der Waals surface area contributed by atoms with E-state index in [1.165, 1.54) is 5.56 Å². The van der Waals surface area contributed by atoms with Crippen LogP contribution >= 0.6 is 0 Å². The number of aromatic nitrogens is 1. The minimum absolute atomic E-state index is 0.168. The molecule has 0 spiro atoms. The molecule has 1 heterocycles.